The van der Waals surface area contributed by atoms with E-state index in [-0.39, 0.29) is 11.7 Å². The molecule has 0 saturated carbocycles. The highest BCUT2D eigenvalue weighted by Crippen LogP contribution is 2.31. The van der Waals surface area contributed by atoms with Crippen molar-refractivity contribution in [3.63, 3.8) is 0 Å². The maximum absolute atomic E-state index is 12.3. The predicted octanol–water partition coefficient (Wildman–Crippen LogP) is 4.87. The average Bonchev–Trinajstić information content (AvgIpc) is 3.00. The molecule has 0 atom stereocenters. The van der Waals surface area contributed by atoms with Gasteiger partial charge in [-0.3, -0.25) is 14.9 Å². The Hall–Kier alpha value is -2.06. The largest absolute Gasteiger partial charge is 0.298 e. The third kappa shape index (κ3) is 3.70. The van der Waals surface area contributed by atoms with Crippen molar-refractivity contribution in [2.75, 3.05) is 5.32 Å². The molecule has 1 amide bonds. The highest BCUT2D eigenvalue weighted by Gasteiger charge is 2.18. The van der Waals surface area contributed by atoms with Crippen molar-refractivity contribution in [2.45, 2.75) is 6.92 Å². The Morgan fingerprint density at radius 2 is 1.71 bits per heavy atom. The molecular formula is C18H13IN2O2S. The quantitative estimate of drug-likeness (QED) is 0.458. The number of ketones is 1. The lowest BCUT2D eigenvalue weighted by Gasteiger charge is -2.01. The predicted molar refractivity (Wildman–Crippen MR) is 105 cm³/mol. The third-order valence-corrected chi connectivity index (χ3v) is 5.11. The topological polar surface area (TPSA) is 59.1 Å². The van der Waals surface area contributed by atoms with Crippen molar-refractivity contribution in [1.82, 2.24) is 4.98 Å². The molecule has 0 spiro atoms. The lowest BCUT2D eigenvalue weighted by molar-refractivity contribution is 0.101. The van der Waals surface area contributed by atoms with Crippen LogP contribution in [0.4, 0.5) is 5.13 Å². The first-order valence-corrected chi connectivity index (χ1v) is 9.08. The summed E-state index contributed by atoms with van der Waals surface area (Å²) >= 11 is 3.38. The minimum absolute atomic E-state index is 0.0684. The molecular weight excluding hydrogens is 435 g/mol. The van der Waals surface area contributed by atoms with Crippen molar-refractivity contribution < 1.29 is 9.59 Å². The summed E-state index contributed by atoms with van der Waals surface area (Å²) in [5.41, 5.74) is 2.01. The summed E-state index contributed by atoms with van der Waals surface area (Å²) in [4.78, 5) is 29.2. The molecule has 0 aliphatic carbocycles. The first-order chi connectivity index (χ1) is 11.5. The van der Waals surface area contributed by atoms with Gasteiger partial charge < -0.3 is 0 Å². The number of anilines is 1. The molecule has 6 heteroatoms. The average molecular weight is 448 g/mol. The van der Waals surface area contributed by atoms with Crippen LogP contribution in [0.3, 0.4) is 0 Å². The van der Waals surface area contributed by atoms with Crippen molar-refractivity contribution in [2.24, 2.45) is 0 Å². The number of carbonyl (C=O) groups is 2. The Labute approximate surface area is 157 Å². The van der Waals surface area contributed by atoms with Crippen molar-refractivity contribution in [3.05, 3.63) is 68.6 Å². The number of rotatable bonds is 4. The second-order valence-corrected chi connectivity index (χ2v) is 7.32. The number of Topliss-reactive ketones (excluding diaryl/α,β-unsaturated/α-hetero) is 1. The molecule has 0 unspecified atom stereocenters. The molecule has 1 heterocycles. The zero-order valence-electron chi connectivity index (χ0n) is 12.7. The SMILES string of the molecule is CC(=O)c1sc(NC(=O)c2ccc(I)cc2)nc1-c1ccccc1. The van der Waals surface area contributed by atoms with Gasteiger partial charge in [-0.1, -0.05) is 41.7 Å². The molecule has 1 aromatic heterocycles. The number of thiazole rings is 1. The summed E-state index contributed by atoms with van der Waals surface area (Å²) in [5.74, 6) is -0.309. The van der Waals surface area contributed by atoms with Crippen LogP contribution in [-0.2, 0) is 0 Å². The second-order valence-electron chi connectivity index (χ2n) is 5.08. The molecule has 3 aromatic rings. The van der Waals surface area contributed by atoms with E-state index in [2.05, 4.69) is 32.9 Å². The van der Waals surface area contributed by atoms with Crippen molar-refractivity contribution in [3.8, 4) is 11.3 Å². The van der Waals surface area contributed by atoms with Gasteiger partial charge in [0, 0.05) is 21.6 Å². The van der Waals surface area contributed by atoms with Gasteiger partial charge in [0.2, 0.25) is 0 Å². The zero-order valence-corrected chi connectivity index (χ0v) is 15.7. The number of aromatic nitrogens is 1. The normalized spacial score (nSPS) is 10.4. The summed E-state index contributed by atoms with van der Waals surface area (Å²) < 4.78 is 1.06. The molecule has 24 heavy (non-hydrogen) atoms. The van der Waals surface area contributed by atoms with Crippen LogP contribution in [-0.4, -0.2) is 16.7 Å². The van der Waals surface area contributed by atoms with Gasteiger partial charge >= 0.3 is 0 Å². The Bertz CT molecular complexity index is 889. The number of nitrogens with one attached hydrogen (secondary N) is 1. The molecule has 0 saturated heterocycles. The van der Waals surface area contributed by atoms with E-state index in [0.717, 1.165) is 9.13 Å². The Morgan fingerprint density at radius 3 is 2.33 bits per heavy atom. The highest BCUT2D eigenvalue weighted by atomic mass is 127. The third-order valence-electron chi connectivity index (χ3n) is 3.32. The summed E-state index contributed by atoms with van der Waals surface area (Å²) in [6, 6.07) is 16.7. The second kappa shape index (κ2) is 7.23. The standard InChI is InChI=1S/C18H13IN2O2S/c1-11(22)16-15(12-5-3-2-4-6-12)20-18(24-16)21-17(23)13-7-9-14(19)10-8-13/h2-10H,1H3,(H,20,21,23). The van der Waals surface area contributed by atoms with Gasteiger partial charge in [-0.25, -0.2) is 4.98 Å². The van der Waals surface area contributed by atoms with Crippen LogP contribution >= 0.6 is 33.9 Å². The summed E-state index contributed by atoms with van der Waals surface area (Å²) in [7, 11) is 0. The van der Waals surface area contributed by atoms with E-state index in [1.54, 1.807) is 12.1 Å². The molecule has 0 fully saturated rings. The van der Waals surface area contributed by atoms with E-state index in [1.165, 1.54) is 18.3 Å². The van der Waals surface area contributed by atoms with Gasteiger partial charge in [0.15, 0.2) is 10.9 Å². The zero-order chi connectivity index (χ0) is 17.1. The van der Waals surface area contributed by atoms with Gasteiger partial charge in [0.05, 0.1) is 10.6 Å². The van der Waals surface area contributed by atoms with Crippen LogP contribution in [0.25, 0.3) is 11.3 Å². The molecule has 120 valence electrons. The lowest BCUT2D eigenvalue weighted by Crippen LogP contribution is -2.11. The molecule has 2 aromatic carbocycles. The van der Waals surface area contributed by atoms with Gasteiger partial charge in [0.1, 0.15) is 0 Å². The van der Waals surface area contributed by atoms with Crippen LogP contribution in [0.5, 0.6) is 0 Å². The number of amides is 1. The number of hydrogen-bond donors (Lipinski definition) is 1. The Morgan fingerprint density at radius 1 is 1.04 bits per heavy atom. The van der Waals surface area contributed by atoms with Crippen LogP contribution in [0.15, 0.2) is 54.6 Å². The van der Waals surface area contributed by atoms with E-state index in [9.17, 15) is 9.59 Å². The van der Waals surface area contributed by atoms with Gasteiger partial charge in [-0.2, -0.15) is 0 Å². The molecule has 0 aliphatic rings. The van der Waals surface area contributed by atoms with Crippen molar-refractivity contribution >= 4 is 50.7 Å². The first kappa shape index (κ1) is 16.8. The number of benzene rings is 2. The minimum atomic E-state index is -0.241. The van der Waals surface area contributed by atoms with Crippen LogP contribution in [0, 0.1) is 3.57 Å². The first-order valence-electron chi connectivity index (χ1n) is 7.18. The fourth-order valence-corrected chi connectivity index (χ4v) is 3.41. The lowest BCUT2D eigenvalue weighted by atomic mass is 10.1. The molecule has 1 N–H and O–H groups in total. The summed E-state index contributed by atoms with van der Waals surface area (Å²) in [5, 5.41) is 3.20. The molecule has 0 aliphatic heterocycles. The van der Waals surface area contributed by atoms with E-state index in [0.29, 0.717) is 21.3 Å². The highest BCUT2D eigenvalue weighted by molar-refractivity contribution is 14.1. The summed E-state index contributed by atoms with van der Waals surface area (Å²) in [6.07, 6.45) is 0. The van der Waals surface area contributed by atoms with Gasteiger partial charge in [0.25, 0.3) is 5.91 Å². The monoisotopic (exact) mass is 448 g/mol. The fraction of sp³-hybridized carbons (Fsp3) is 0.0556. The van der Waals surface area contributed by atoms with Crippen LogP contribution < -0.4 is 5.32 Å². The molecule has 4 nitrogen and oxygen atoms in total. The molecule has 0 radical (unpaired) electrons. The molecule has 0 bridgehead atoms. The minimum Gasteiger partial charge on any atom is -0.298 e. The van der Waals surface area contributed by atoms with Crippen LogP contribution in [0.2, 0.25) is 0 Å². The van der Waals surface area contributed by atoms with Gasteiger partial charge in [-0.05, 0) is 46.9 Å². The van der Waals surface area contributed by atoms with E-state index in [1.807, 2.05) is 42.5 Å². The van der Waals surface area contributed by atoms with Gasteiger partial charge in [-0.15, -0.1) is 0 Å². The van der Waals surface area contributed by atoms with Crippen LogP contribution in [0.1, 0.15) is 27.0 Å². The number of carbonyl (C=O) groups excluding carboxylic acids is 2. The number of nitrogens with zero attached hydrogens (tertiary/aromatic N) is 1. The number of hydrogen-bond acceptors (Lipinski definition) is 4. The summed E-state index contributed by atoms with van der Waals surface area (Å²) in [6.45, 7) is 1.50. The number of halogens is 1. The molecule has 3 rings (SSSR count). The fourth-order valence-electron chi connectivity index (χ4n) is 2.17. The van der Waals surface area contributed by atoms with E-state index in [4.69, 9.17) is 0 Å². The maximum Gasteiger partial charge on any atom is 0.257 e. The van der Waals surface area contributed by atoms with E-state index >= 15 is 0 Å². The smallest absolute Gasteiger partial charge is 0.257 e. The van der Waals surface area contributed by atoms with E-state index < -0.39 is 0 Å². The Balaban J connectivity index is 1.90. The van der Waals surface area contributed by atoms with Crippen molar-refractivity contribution in [1.29, 1.82) is 0 Å². The maximum atomic E-state index is 12.3. The Kier molecular flexibility index (Phi) is 5.06.